The highest BCUT2D eigenvalue weighted by atomic mass is 16.6. The SMILES string of the molecule is CC(C)c1cc(C=O)c2c(c1O)OC(O)C1C2(C)CCC(O)C1(C)C. The number of fused-ring (bicyclic) bond motifs is 3. The van der Waals surface area contributed by atoms with Gasteiger partial charge in [0, 0.05) is 33.4 Å². The number of aldehydes is 1. The fourth-order valence-electron chi connectivity index (χ4n) is 5.07. The van der Waals surface area contributed by atoms with Crippen molar-refractivity contribution >= 4 is 6.29 Å². The van der Waals surface area contributed by atoms with Crippen molar-refractivity contribution < 1.29 is 24.9 Å². The first-order valence-electron chi connectivity index (χ1n) is 8.94. The van der Waals surface area contributed by atoms with Gasteiger partial charge in [-0.15, -0.1) is 0 Å². The Morgan fingerprint density at radius 1 is 1.28 bits per heavy atom. The van der Waals surface area contributed by atoms with Crippen molar-refractivity contribution in [3.63, 3.8) is 0 Å². The van der Waals surface area contributed by atoms with Crippen LogP contribution in [0.1, 0.15) is 74.9 Å². The van der Waals surface area contributed by atoms with Crippen LogP contribution in [0, 0.1) is 11.3 Å². The highest BCUT2D eigenvalue weighted by Crippen LogP contribution is 2.60. The fourth-order valence-corrected chi connectivity index (χ4v) is 5.07. The summed E-state index contributed by atoms with van der Waals surface area (Å²) in [7, 11) is 0. The summed E-state index contributed by atoms with van der Waals surface area (Å²) in [4.78, 5) is 11.8. The van der Waals surface area contributed by atoms with Gasteiger partial charge in [0.15, 0.2) is 17.8 Å². The molecule has 25 heavy (non-hydrogen) atoms. The number of hydrogen-bond donors (Lipinski definition) is 3. The van der Waals surface area contributed by atoms with Crippen LogP contribution in [-0.2, 0) is 5.41 Å². The molecule has 1 aliphatic carbocycles. The highest BCUT2D eigenvalue weighted by molar-refractivity contribution is 5.82. The summed E-state index contributed by atoms with van der Waals surface area (Å²) in [5, 5.41) is 32.0. The van der Waals surface area contributed by atoms with Crippen LogP contribution in [0.5, 0.6) is 11.5 Å². The van der Waals surface area contributed by atoms with Gasteiger partial charge in [0.05, 0.1) is 6.10 Å². The first kappa shape index (κ1) is 18.2. The lowest BCUT2D eigenvalue weighted by Gasteiger charge is -2.57. The van der Waals surface area contributed by atoms with Crippen LogP contribution in [0.25, 0.3) is 0 Å². The number of aromatic hydroxyl groups is 1. The maximum atomic E-state index is 11.8. The highest BCUT2D eigenvalue weighted by Gasteiger charge is 2.59. The van der Waals surface area contributed by atoms with Crippen molar-refractivity contribution in [2.45, 2.75) is 71.2 Å². The van der Waals surface area contributed by atoms with E-state index >= 15 is 0 Å². The standard InChI is InChI=1S/C20H28O5/c1-10(2)12-8-11(9-21)14-16(15(12)23)25-18(24)17-19(3,4)13(22)6-7-20(14,17)5/h8-10,13,17-18,22-24H,6-7H2,1-5H3. The van der Waals surface area contributed by atoms with Gasteiger partial charge in [0.1, 0.15) is 0 Å². The smallest absolute Gasteiger partial charge is 0.201 e. The van der Waals surface area contributed by atoms with Gasteiger partial charge in [-0.1, -0.05) is 34.6 Å². The Bertz CT molecular complexity index is 709. The van der Waals surface area contributed by atoms with Crippen LogP contribution in [0.3, 0.4) is 0 Å². The lowest BCUT2D eigenvalue weighted by atomic mass is 9.51. The van der Waals surface area contributed by atoms with Crippen LogP contribution in [-0.4, -0.2) is 34.0 Å². The largest absolute Gasteiger partial charge is 0.504 e. The predicted octanol–water partition coefficient (Wildman–Crippen LogP) is 3.09. The van der Waals surface area contributed by atoms with Crippen molar-refractivity contribution in [2.75, 3.05) is 0 Å². The molecule has 3 N–H and O–H groups in total. The Morgan fingerprint density at radius 2 is 1.92 bits per heavy atom. The number of carbonyl (C=O) groups excluding carboxylic acids is 1. The summed E-state index contributed by atoms with van der Waals surface area (Å²) in [5.74, 6) is -0.163. The summed E-state index contributed by atoms with van der Waals surface area (Å²) < 4.78 is 5.75. The molecule has 1 aromatic carbocycles. The minimum Gasteiger partial charge on any atom is -0.504 e. The Morgan fingerprint density at radius 3 is 2.48 bits per heavy atom. The summed E-state index contributed by atoms with van der Waals surface area (Å²) in [6.45, 7) is 9.69. The van der Waals surface area contributed by atoms with Gasteiger partial charge in [-0.05, 0) is 24.8 Å². The monoisotopic (exact) mass is 348 g/mol. The maximum Gasteiger partial charge on any atom is 0.201 e. The second-order valence-corrected chi connectivity index (χ2v) is 8.66. The Labute approximate surface area is 148 Å². The quantitative estimate of drug-likeness (QED) is 0.715. The molecule has 1 aliphatic heterocycles. The van der Waals surface area contributed by atoms with E-state index in [0.717, 1.165) is 6.29 Å². The summed E-state index contributed by atoms with van der Waals surface area (Å²) in [6.07, 6.45) is 0.253. The molecule has 4 atom stereocenters. The number of ether oxygens (including phenoxy) is 1. The number of carbonyl (C=O) groups is 1. The van der Waals surface area contributed by atoms with E-state index in [1.165, 1.54) is 0 Å². The number of aliphatic hydroxyl groups excluding tert-OH is 2. The average Bonchev–Trinajstić information content (AvgIpc) is 2.51. The fraction of sp³-hybridized carbons (Fsp3) is 0.650. The maximum absolute atomic E-state index is 11.8. The number of rotatable bonds is 2. The number of hydrogen-bond acceptors (Lipinski definition) is 5. The van der Waals surface area contributed by atoms with Gasteiger partial charge in [0.25, 0.3) is 0 Å². The van der Waals surface area contributed by atoms with E-state index < -0.39 is 23.2 Å². The Kier molecular flexibility index (Phi) is 4.16. The molecule has 2 aliphatic rings. The molecule has 1 saturated carbocycles. The molecule has 5 heteroatoms. The number of aliphatic hydroxyl groups is 2. The van der Waals surface area contributed by atoms with E-state index in [1.807, 2.05) is 34.6 Å². The van der Waals surface area contributed by atoms with Crippen molar-refractivity contribution in [1.29, 1.82) is 0 Å². The van der Waals surface area contributed by atoms with Crippen molar-refractivity contribution in [2.24, 2.45) is 11.3 Å². The normalized spacial score (nSPS) is 33.4. The van der Waals surface area contributed by atoms with E-state index in [-0.39, 0.29) is 23.3 Å². The number of phenolic OH excluding ortho intramolecular Hbond substituents is 1. The lowest BCUT2D eigenvalue weighted by molar-refractivity contribution is -0.186. The van der Waals surface area contributed by atoms with Crippen molar-refractivity contribution in [3.8, 4) is 11.5 Å². The van der Waals surface area contributed by atoms with E-state index in [2.05, 4.69) is 0 Å². The zero-order valence-electron chi connectivity index (χ0n) is 15.5. The van der Waals surface area contributed by atoms with Crippen LogP contribution in [0.4, 0.5) is 0 Å². The van der Waals surface area contributed by atoms with E-state index in [0.29, 0.717) is 29.5 Å². The summed E-state index contributed by atoms with van der Waals surface area (Å²) in [5.41, 5.74) is 0.614. The molecule has 0 radical (unpaired) electrons. The van der Waals surface area contributed by atoms with Gasteiger partial charge >= 0.3 is 0 Å². The van der Waals surface area contributed by atoms with Gasteiger partial charge in [-0.2, -0.15) is 0 Å². The topological polar surface area (TPSA) is 87.0 Å². The zero-order valence-corrected chi connectivity index (χ0v) is 15.5. The number of benzene rings is 1. The predicted molar refractivity (Wildman–Crippen MR) is 94.1 cm³/mol. The molecule has 138 valence electrons. The van der Waals surface area contributed by atoms with Crippen molar-refractivity contribution in [3.05, 3.63) is 22.8 Å². The molecule has 0 bridgehead atoms. The molecule has 0 saturated heterocycles. The second-order valence-electron chi connectivity index (χ2n) is 8.66. The van der Waals surface area contributed by atoms with Gasteiger partial charge in [-0.25, -0.2) is 0 Å². The molecule has 0 aromatic heterocycles. The molecular weight excluding hydrogens is 320 g/mol. The van der Waals surface area contributed by atoms with Crippen LogP contribution < -0.4 is 4.74 Å². The molecule has 0 amide bonds. The third-order valence-corrected chi connectivity index (χ3v) is 6.44. The molecule has 1 fully saturated rings. The zero-order chi connectivity index (χ0) is 18.7. The first-order chi connectivity index (χ1) is 11.6. The van der Waals surface area contributed by atoms with Crippen LogP contribution in [0.15, 0.2) is 6.07 Å². The van der Waals surface area contributed by atoms with Crippen molar-refractivity contribution in [1.82, 2.24) is 0 Å². The third kappa shape index (κ3) is 2.40. The van der Waals surface area contributed by atoms with Crippen LogP contribution in [0.2, 0.25) is 0 Å². The van der Waals surface area contributed by atoms with E-state index in [4.69, 9.17) is 4.74 Å². The minimum atomic E-state index is -1.16. The lowest BCUT2D eigenvalue weighted by Crippen LogP contribution is -2.60. The summed E-state index contributed by atoms with van der Waals surface area (Å²) in [6, 6.07) is 1.73. The van der Waals surface area contributed by atoms with E-state index in [9.17, 15) is 20.1 Å². The molecule has 3 rings (SSSR count). The summed E-state index contributed by atoms with van der Waals surface area (Å²) >= 11 is 0. The second kappa shape index (κ2) is 5.71. The molecule has 1 heterocycles. The Hall–Kier alpha value is -1.59. The van der Waals surface area contributed by atoms with Gasteiger partial charge in [-0.3, -0.25) is 4.79 Å². The van der Waals surface area contributed by atoms with Gasteiger partial charge in [0.2, 0.25) is 6.29 Å². The molecular formula is C20H28O5. The Balaban J connectivity index is 2.30. The number of phenols is 1. The average molecular weight is 348 g/mol. The molecule has 5 nitrogen and oxygen atoms in total. The molecule has 1 aromatic rings. The minimum absolute atomic E-state index is 0.00162. The third-order valence-electron chi connectivity index (χ3n) is 6.44. The molecule has 4 unspecified atom stereocenters. The van der Waals surface area contributed by atoms with Crippen LogP contribution >= 0.6 is 0 Å². The first-order valence-corrected chi connectivity index (χ1v) is 8.94. The van der Waals surface area contributed by atoms with E-state index in [1.54, 1.807) is 6.07 Å². The van der Waals surface area contributed by atoms with Gasteiger partial charge < -0.3 is 20.1 Å². The molecule has 0 spiro atoms.